The Hall–Kier alpha value is -2.18. The summed E-state index contributed by atoms with van der Waals surface area (Å²) in [5, 5.41) is 11.0. The van der Waals surface area contributed by atoms with Crippen molar-refractivity contribution in [1.82, 2.24) is 4.98 Å². The fourth-order valence-corrected chi connectivity index (χ4v) is 3.36. The van der Waals surface area contributed by atoms with Crippen LogP contribution in [-0.2, 0) is 9.53 Å². The Kier molecular flexibility index (Phi) is 6.33. The molecular formula is C18H26N2O5. The predicted molar refractivity (Wildman–Crippen MR) is 92.3 cm³/mol. The lowest BCUT2D eigenvalue weighted by Crippen LogP contribution is -2.37. The minimum absolute atomic E-state index is 0.0232. The Morgan fingerprint density at radius 3 is 2.76 bits per heavy atom. The first-order valence-electron chi connectivity index (χ1n) is 8.72. The van der Waals surface area contributed by atoms with E-state index >= 15 is 0 Å². The van der Waals surface area contributed by atoms with Crippen molar-refractivity contribution in [1.29, 1.82) is 0 Å². The number of aromatic nitrogens is 1. The molecule has 0 saturated heterocycles. The average molecular weight is 350 g/mol. The van der Waals surface area contributed by atoms with Gasteiger partial charge in [-0.05, 0) is 52.6 Å². The fourth-order valence-electron chi connectivity index (χ4n) is 3.36. The van der Waals surface area contributed by atoms with Crippen LogP contribution in [-0.4, -0.2) is 28.6 Å². The van der Waals surface area contributed by atoms with Gasteiger partial charge in [0.25, 0.3) is 0 Å². The molecule has 1 aromatic rings. The number of nitro groups is 1. The van der Waals surface area contributed by atoms with Crippen LogP contribution in [0.25, 0.3) is 0 Å². The summed E-state index contributed by atoms with van der Waals surface area (Å²) in [7, 11) is 0. The monoisotopic (exact) mass is 350 g/mol. The molecule has 0 amide bonds. The molecule has 0 unspecified atom stereocenters. The van der Waals surface area contributed by atoms with Crippen LogP contribution < -0.4 is 4.74 Å². The highest BCUT2D eigenvalue weighted by atomic mass is 16.6. The second-order valence-electron chi connectivity index (χ2n) is 7.17. The van der Waals surface area contributed by atoms with E-state index in [0.29, 0.717) is 23.4 Å². The largest absolute Gasteiger partial charge is 0.474 e. The first kappa shape index (κ1) is 19.1. The van der Waals surface area contributed by atoms with Gasteiger partial charge in [0.1, 0.15) is 11.8 Å². The Bertz CT molecular complexity index is 632. The standard InChI is InChI=1S/C18H26N2O5/c1-11(2)14-7-5-12(3)9-16(14)25-17(21)10-24-15-8-6-13(4)19-18(15)20(22)23/h6,8,11-12,14,16H,5,7,9-10H2,1-4H3/t12-,14-,16-/m1/s1. The van der Waals surface area contributed by atoms with E-state index in [9.17, 15) is 14.9 Å². The molecule has 0 spiro atoms. The maximum Gasteiger partial charge on any atom is 0.406 e. The van der Waals surface area contributed by atoms with Crippen molar-refractivity contribution in [3.63, 3.8) is 0 Å². The molecule has 1 fully saturated rings. The van der Waals surface area contributed by atoms with Gasteiger partial charge in [-0.1, -0.05) is 27.2 Å². The zero-order valence-electron chi connectivity index (χ0n) is 15.2. The van der Waals surface area contributed by atoms with Crippen molar-refractivity contribution in [2.75, 3.05) is 6.61 Å². The molecule has 0 aromatic carbocycles. The summed E-state index contributed by atoms with van der Waals surface area (Å²) in [5.74, 6) is 0.393. The van der Waals surface area contributed by atoms with Crippen LogP contribution in [0.5, 0.6) is 5.75 Å². The quantitative estimate of drug-likeness (QED) is 0.441. The lowest BCUT2D eigenvalue weighted by atomic mass is 9.75. The summed E-state index contributed by atoms with van der Waals surface area (Å²) in [6.45, 7) is 7.73. The van der Waals surface area contributed by atoms with E-state index in [1.54, 1.807) is 13.0 Å². The first-order valence-corrected chi connectivity index (χ1v) is 8.72. The van der Waals surface area contributed by atoms with Crippen LogP contribution in [0.1, 0.15) is 45.7 Å². The van der Waals surface area contributed by atoms with Gasteiger partial charge < -0.3 is 19.6 Å². The number of esters is 1. The van der Waals surface area contributed by atoms with Crippen LogP contribution >= 0.6 is 0 Å². The van der Waals surface area contributed by atoms with Gasteiger partial charge in [-0.2, -0.15) is 0 Å². The zero-order chi connectivity index (χ0) is 18.6. The molecule has 3 atom stereocenters. The van der Waals surface area contributed by atoms with Crippen LogP contribution in [0.3, 0.4) is 0 Å². The van der Waals surface area contributed by atoms with Crippen molar-refractivity contribution in [2.45, 2.75) is 53.1 Å². The van der Waals surface area contributed by atoms with E-state index in [2.05, 4.69) is 25.8 Å². The summed E-state index contributed by atoms with van der Waals surface area (Å²) in [6, 6.07) is 3.05. The van der Waals surface area contributed by atoms with E-state index < -0.39 is 10.9 Å². The van der Waals surface area contributed by atoms with Crippen molar-refractivity contribution in [3.8, 4) is 5.75 Å². The van der Waals surface area contributed by atoms with Crippen molar-refractivity contribution in [3.05, 3.63) is 27.9 Å². The second-order valence-corrected chi connectivity index (χ2v) is 7.17. The third-order valence-electron chi connectivity index (χ3n) is 4.74. The number of pyridine rings is 1. The number of carbonyl (C=O) groups excluding carboxylic acids is 1. The normalized spacial score (nSPS) is 23.3. The number of nitrogens with zero attached hydrogens (tertiary/aromatic N) is 2. The maximum absolute atomic E-state index is 12.2. The third-order valence-corrected chi connectivity index (χ3v) is 4.74. The molecule has 1 heterocycles. The molecule has 0 radical (unpaired) electrons. The van der Waals surface area contributed by atoms with E-state index in [0.717, 1.165) is 19.3 Å². The SMILES string of the molecule is Cc1ccc(OCC(=O)O[C@@H]2C[C@H](C)CC[C@@H]2C(C)C)c([N+](=O)[O-])n1. The van der Waals surface area contributed by atoms with Crippen molar-refractivity contribution in [2.24, 2.45) is 17.8 Å². The number of carbonyl (C=O) groups is 1. The van der Waals surface area contributed by atoms with Crippen LogP contribution in [0.15, 0.2) is 12.1 Å². The highest BCUT2D eigenvalue weighted by Gasteiger charge is 2.33. The van der Waals surface area contributed by atoms with Crippen LogP contribution in [0.2, 0.25) is 0 Å². The van der Waals surface area contributed by atoms with E-state index in [1.165, 1.54) is 6.07 Å². The van der Waals surface area contributed by atoms with Gasteiger partial charge in [-0.15, -0.1) is 0 Å². The third kappa shape index (κ3) is 5.14. The Morgan fingerprint density at radius 2 is 2.12 bits per heavy atom. The molecule has 1 aliphatic rings. The molecule has 7 nitrogen and oxygen atoms in total. The zero-order valence-corrected chi connectivity index (χ0v) is 15.2. The minimum Gasteiger partial charge on any atom is -0.474 e. The molecule has 1 aromatic heterocycles. The summed E-state index contributed by atoms with van der Waals surface area (Å²) in [5.41, 5.74) is 0.512. The maximum atomic E-state index is 12.2. The number of hydrogen-bond donors (Lipinski definition) is 0. The van der Waals surface area contributed by atoms with Gasteiger partial charge in [-0.3, -0.25) is 0 Å². The summed E-state index contributed by atoms with van der Waals surface area (Å²) >= 11 is 0. The molecule has 1 aliphatic carbocycles. The Balaban J connectivity index is 1.97. The highest BCUT2D eigenvalue weighted by Crippen LogP contribution is 2.35. The molecule has 0 bridgehead atoms. The molecule has 25 heavy (non-hydrogen) atoms. The average Bonchev–Trinajstić information content (AvgIpc) is 2.53. The van der Waals surface area contributed by atoms with E-state index in [-0.39, 0.29) is 24.3 Å². The molecule has 1 saturated carbocycles. The summed E-state index contributed by atoms with van der Waals surface area (Å²) in [4.78, 5) is 26.4. The van der Waals surface area contributed by atoms with Crippen LogP contribution in [0, 0.1) is 34.8 Å². The van der Waals surface area contributed by atoms with Gasteiger partial charge in [0.2, 0.25) is 5.75 Å². The van der Waals surface area contributed by atoms with Crippen molar-refractivity contribution < 1.29 is 19.2 Å². The molecule has 0 aliphatic heterocycles. The minimum atomic E-state index is -0.620. The molecule has 7 heteroatoms. The summed E-state index contributed by atoms with van der Waals surface area (Å²) in [6.07, 6.45) is 2.92. The highest BCUT2D eigenvalue weighted by molar-refractivity contribution is 5.71. The Labute approximate surface area is 147 Å². The van der Waals surface area contributed by atoms with Gasteiger partial charge in [-0.25, -0.2) is 4.79 Å². The molecule has 0 N–H and O–H groups in total. The Morgan fingerprint density at radius 1 is 1.40 bits per heavy atom. The number of aryl methyl sites for hydroxylation is 1. The van der Waals surface area contributed by atoms with Gasteiger partial charge in [0.05, 0.1) is 0 Å². The fraction of sp³-hybridized carbons (Fsp3) is 0.667. The topological polar surface area (TPSA) is 91.6 Å². The van der Waals surface area contributed by atoms with Gasteiger partial charge in [0, 0.05) is 6.92 Å². The van der Waals surface area contributed by atoms with Crippen molar-refractivity contribution >= 4 is 11.8 Å². The number of rotatable bonds is 6. The summed E-state index contributed by atoms with van der Waals surface area (Å²) < 4.78 is 10.9. The predicted octanol–water partition coefficient (Wildman–Crippen LogP) is 3.68. The lowest BCUT2D eigenvalue weighted by molar-refractivity contribution is -0.390. The van der Waals surface area contributed by atoms with Crippen LogP contribution in [0.4, 0.5) is 5.82 Å². The first-order chi connectivity index (χ1) is 11.8. The van der Waals surface area contributed by atoms with Gasteiger partial charge >= 0.3 is 11.8 Å². The lowest BCUT2D eigenvalue weighted by Gasteiger charge is -2.36. The van der Waals surface area contributed by atoms with E-state index in [4.69, 9.17) is 9.47 Å². The number of ether oxygens (including phenoxy) is 2. The molecule has 138 valence electrons. The second kappa shape index (κ2) is 8.27. The molecular weight excluding hydrogens is 324 g/mol. The number of hydrogen-bond acceptors (Lipinski definition) is 6. The smallest absolute Gasteiger partial charge is 0.406 e. The van der Waals surface area contributed by atoms with E-state index in [1.807, 2.05) is 0 Å². The molecule has 2 rings (SSSR count). The van der Waals surface area contributed by atoms with Gasteiger partial charge in [0.15, 0.2) is 6.61 Å².